The molecule has 0 aliphatic carbocycles. The first-order valence-electron chi connectivity index (χ1n) is 6.01. The summed E-state index contributed by atoms with van der Waals surface area (Å²) in [7, 11) is 1.68. The molecule has 0 saturated carbocycles. The number of fused-ring (bicyclic) bond motifs is 1. The smallest absolute Gasteiger partial charge is 0.118 e. The molecule has 18 heavy (non-hydrogen) atoms. The summed E-state index contributed by atoms with van der Waals surface area (Å²) in [5, 5.41) is 1.25. The summed E-state index contributed by atoms with van der Waals surface area (Å²) in [6.45, 7) is 2.08. The number of aromatic amines is 1. The summed E-state index contributed by atoms with van der Waals surface area (Å²) < 4.78 is 5.19. The fourth-order valence-corrected chi connectivity index (χ4v) is 2.31. The van der Waals surface area contributed by atoms with Crippen LogP contribution in [-0.4, -0.2) is 12.1 Å². The lowest BCUT2D eigenvalue weighted by Crippen LogP contribution is -1.84. The highest BCUT2D eigenvalue weighted by molar-refractivity contribution is 5.94. The molecule has 0 unspecified atom stereocenters. The predicted octanol–water partition coefficient (Wildman–Crippen LogP) is 4.15. The van der Waals surface area contributed by atoms with Gasteiger partial charge in [0.2, 0.25) is 0 Å². The lowest BCUT2D eigenvalue weighted by atomic mass is 10.0. The van der Waals surface area contributed by atoms with E-state index in [0.717, 1.165) is 5.75 Å². The third-order valence-electron chi connectivity index (χ3n) is 3.19. The van der Waals surface area contributed by atoms with Gasteiger partial charge < -0.3 is 9.72 Å². The van der Waals surface area contributed by atoms with Crippen molar-refractivity contribution in [3.8, 4) is 16.9 Å². The van der Waals surface area contributed by atoms with Crippen molar-refractivity contribution in [2.24, 2.45) is 0 Å². The number of aromatic nitrogens is 1. The average Bonchev–Trinajstić information content (AvgIpc) is 2.79. The fraction of sp³-hybridized carbons (Fsp3) is 0.125. The number of nitrogens with one attached hydrogen (secondary N) is 1. The van der Waals surface area contributed by atoms with Crippen molar-refractivity contribution in [3.05, 3.63) is 54.2 Å². The van der Waals surface area contributed by atoms with E-state index >= 15 is 0 Å². The first-order chi connectivity index (χ1) is 8.78. The SMILES string of the molecule is COc1ccc(-c2cccc3cc(C)[nH]c23)cc1. The molecule has 0 spiro atoms. The molecule has 0 aliphatic rings. The monoisotopic (exact) mass is 237 g/mol. The highest BCUT2D eigenvalue weighted by atomic mass is 16.5. The molecule has 0 amide bonds. The summed E-state index contributed by atoms with van der Waals surface area (Å²) >= 11 is 0. The number of rotatable bonds is 2. The van der Waals surface area contributed by atoms with E-state index in [1.807, 2.05) is 12.1 Å². The van der Waals surface area contributed by atoms with Gasteiger partial charge in [0.15, 0.2) is 0 Å². The number of ether oxygens (including phenoxy) is 1. The Morgan fingerprint density at radius 3 is 2.50 bits per heavy atom. The zero-order chi connectivity index (χ0) is 12.5. The van der Waals surface area contributed by atoms with Crippen molar-refractivity contribution in [1.29, 1.82) is 0 Å². The normalized spacial score (nSPS) is 10.8. The Kier molecular flexibility index (Phi) is 2.56. The Morgan fingerprint density at radius 2 is 1.78 bits per heavy atom. The van der Waals surface area contributed by atoms with Crippen LogP contribution in [0.5, 0.6) is 5.75 Å². The summed E-state index contributed by atoms with van der Waals surface area (Å²) in [6.07, 6.45) is 0. The highest BCUT2D eigenvalue weighted by Crippen LogP contribution is 2.29. The second-order valence-corrected chi connectivity index (χ2v) is 4.45. The summed E-state index contributed by atoms with van der Waals surface area (Å²) in [6, 6.07) is 16.7. The maximum absolute atomic E-state index is 5.19. The average molecular weight is 237 g/mol. The molecule has 2 heteroatoms. The Labute approximate surface area is 106 Å². The zero-order valence-electron chi connectivity index (χ0n) is 10.5. The Hall–Kier alpha value is -2.22. The van der Waals surface area contributed by atoms with Crippen molar-refractivity contribution >= 4 is 10.9 Å². The van der Waals surface area contributed by atoms with E-state index < -0.39 is 0 Å². The molecule has 0 aliphatic heterocycles. The van der Waals surface area contributed by atoms with Gasteiger partial charge in [0, 0.05) is 16.6 Å². The predicted molar refractivity (Wildman–Crippen MR) is 75.0 cm³/mol. The lowest BCUT2D eigenvalue weighted by molar-refractivity contribution is 0.415. The number of hydrogen-bond acceptors (Lipinski definition) is 1. The third kappa shape index (κ3) is 1.76. The molecule has 0 fully saturated rings. The maximum Gasteiger partial charge on any atom is 0.118 e. The molecule has 0 atom stereocenters. The van der Waals surface area contributed by atoms with Gasteiger partial charge in [-0.25, -0.2) is 0 Å². The minimum atomic E-state index is 0.883. The molecule has 2 nitrogen and oxygen atoms in total. The molecule has 0 bridgehead atoms. The number of benzene rings is 2. The van der Waals surface area contributed by atoms with E-state index in [0.29, 0.717) is 0 Å². The topological polar surface area (TPSA) is 25.0 Å². The van der Waals surface area contributed by atoms with E-state index in [9.17, 15) is 0 Å². The molecule has 1 aromatic heterocycles. The minimum Gasteiger partial charge on any atom is -0.497 e. The molecule has 1 N–H and O–H groups in total. The summed E-state index contributed by atoms with van der Waals surface area (Å²) in [5.41, 5.74) is 4.80. The Balaban J connectivity index is 2.17. The summed E-state index contributed by atoms with van der Waals surface area (Å²) in [4.78, 5) is 3.42. The molecule has 1 heterocycles. The number of hydrogen-bond donors (Lipinski definition) is 1. The number of para-hydroxylation sites is 1. The molecule has 3 aromatic rings. The second-order valence-electron chi connectivity index (χ2n) is 4.45. The first kappa shape index (κ1) is 10.9. The van der Waals surface area contributed by atoms with Crippen LogP contribution >= 0.6 is 0 Å². The largest absolute Gasteiger partial charge is 0.497 e. The Morgan fingerprint density at radius 1 is 1.00 bits per heavy atom. The van der Waals surface area contributed by atoms with Crippen LogP contribution in [0.25, 0.3) is 22.0 Å². The Bertz CT molecular complexity index is 680. The van der Waals surface area contributed by atoms with Crippen LogP contribution in [0.4, 0.5) is 0 Å². The van der Waals surface area contributed by atoms with E-state index in [-0.39, 0.29) is 0 Å². The van der Waals surface area contributed by atoms with E-state index in [2.05, 4.69) is 48.3 Å². The number of aryl methyl sites for hydroxylation is 1. The van der Waals surface area contributed by atoms with Gasteiger partial charge in [-0.05, 0) is 30.7 Å². The third-order valence-corrected chi connectivity index (χ3v) is 3.19. The standard InChI is InChI=1S/C16H15NO/c1-11-10-13-4-3-5-15(16(13)17-11)12-6-8-14(18-2)9-7-12/h3-10,17H,1-2H3. The summed E-state index contributed by atoms with van der Waals surface area (Å²) in [5.74, 6) is 0.883. The van der Waals surface area contributed by atoms with Crippen molar-refractivity contribution in [2.45, 2.75) is 6.92 Å². The molecule has 90 valence electrons. The van der Waals surface area contributed by atoms with Crippen LogP contribution in [0.2, 0.25) is 0 Å². The van der Waals surface area contributed by atoms with Crippen LogP contribution < -0.4 is 4.74 Å². The van der Waals surface area contributed by atoms with Gasteiger partial charge in [-0.3, -0.25) is 0 Å². The van der Waals surface area contributed by atoms with Gasteiger partial charge in [-0.2, -0.15) is 0 Å². The lowest BCUT2D eigenvalue weighted by Gasteiger charge is -2.05. The van der Waals surface area contributed by atoms with Gasteiger partial charge in [0.1, 0.15) is 5.75 Å². The van der Waals surface area contributed by atoms with Gasteiger partial charge in [-0.1, -0.05) is 30.3 Å². The first-order valence-corrected chi connectivity index (χ1v) is 6.01. The van der Waals surface area contributed by atoms with Crippen molar-refractivity contribution in [2.75, 3.05) is 7.11 Å². The van der Waals surface area contributed by atoms with Crippen LogP contribution in [-0.2, 0) is 0 Å². The maximum atomic E-state index is 5.19. The molecule has 0 saturated heterocycles. The molecular formula is C16H15NO. The minimum absolute atomic E-state index is 0.883. The van der Waals surface area contributed by atoms with Crippen LogP contribution in [0.15, 0.2) is 48.5 Å². The van der Waals surface area contributed by atoms with Gasteiger partial charge in [0.25, 0.3) is 0 Å². The van der Waals surface area contributed by atoms with E-state index in [1.54, 1.807) is 7.11 Å². The van der Waals surface area contributed by atoms with E-state index in [1.165, 1.54) is 27.7 Å². The molecule has 0 radical (unpaired) electrons. The van der Waals surface area contributed by atoms with Crippen LogP contribution in [0, 0.1) is 6.92 Å². The van der Waals surface area contributed by atoms with Gasteiger partial charge in [0.05, 0.1) is 12.6 Å². The quantitative estimate of drug-likeness (QED) is 0.711. The van der Waals surface area contributed by atoms with Gasteiger partial charge >= 0.3 is 0 Å². The molecule has 2 aromatic carbocycles. The highest BCUT2D eigenvalue weighted by Gasteiger charge is 2.05. The fourth-order valence-electron chi connectivity index (χ4n) is 2.31. The number of H-pyrrole nitrogens is 1. The molecule has 3 rings (SSSR count). The second kappa shape index (κ2) is 4.22. The van der Waals surface area contributed by atoms with Gasteiger partial charge in [-0.15, -0.1) is 0 Å². The van der Waals surface area contributed by atoms with E-state index in [4.69, 9.17) is 4.74 Å². The van der Waals surface area contributed by atoms with Crippen molar-refractivity contribution in [1.82, 2.24) is 4.98 Å². The molecular weight excluding hydrogens is 222 g/mol. The zero-order valence-corrected chi connectivity index (χ0v) is 10.5. The number of methoxy groups -OCH3 is 1. The van der Waals surface area contributed by atoms with Crippen LogP contribution in [0.3, 0.4) is 0 Å². The van der Waals surface area contributed by atoms with Crippen molar-refractivity contribution < 1.29 is 4.74 Å². The van der Waals surface area contributed by atoms with Crippen molar-refractivity contribution in [3.63, 3.8) is 0 Å². The van der Waals surface area contributed by atoms with Crippen LogP contribution in [0.1, 0.15) is 5.69 Å².